The number of carbonyl (C=O) groups is 3. The van der Waals surface area contributed by atoms with Crippen LogP contribution in [0.1, 0.15) is 27.6 Å². The largest absolute Gasteiger partial charge is 0.494 e. The Labute approximate surface area is 201 Å². The van der Waals surface area contributed by atoms with E-state index in [1.165, 1.54) is 40.2 Å². The molecular formula is C23H21N7O4. The monoisotopic (exact) mass is 464 g/mol. The molecule has 2 amide bonds. The molecule has 11 heteroatoms. The number of ether oxygens (including phenoxy) is 1. The number of benzene rings is 1. The Morgan fingerprint density at radius 1 is 1.09 bits per heavy atom. The van der Waals surface area contributed by atoms with Crippen molar-refractivity contribution < 1.29 is 26.0 Å². The average molecular weight is 464 g/mol. The van der Waals surface area contributed by atoms with Crippen molar-refractivity contribution in [3.05, 3.63) is 66.1 Å². The van der Waals surface area contributed by atoms with Gasteiger partial charge in [0, 0.05) is 37.9 Å². The van der Waals surface area contributed by atoms with Gasteiger partial charge in [-0.15, -0.1) is 5.10 Å². The normalized spacial score (nSPS) is 15.9. The molecule has 0 bridgehead atoms. The number of methoxy groups -OCH3 is 1. The number of carbonyl (C=O) groups excluding carboxylic acids is 3. The Morgan fingerprint density at radius 3 is 2.50 bits per heavy atom. The van der Waals surface area contributed by atoms with Gasteiger partial charge in [0.25, 0.3) is 17.6 Å². The molecule has 1 aromatic carbocycles. The van der Waals surface area contributed by atoms with E-state index in [4.69, 9.17) is 11.6 Å². The summed E-state index contributed by atoms with van der Waals surface area (Å²) in [7, 11) is 1.42. The third-order valence-electron chi connectivity index (χ3n) is 5.52. The fourth-order valence-electron chi connectivity index (χ4n) is 3.82. The lowest BCUT2D eigenvalue weighted by atomic mass is 10.1. The van der Waals surface area contributed by atoms with Crippen molar-refractivity contribution in [1.29, 1.82) is 0 Å². The molecule has 3 aromatic heterocycles. The third-order valence-corrected chi connectivity index (χ3v) is 5.52. The molecule has 34 heavy (non-hydrogen) atoms. The maximum absolute atomic E-state index is 13.3. The van der Waals surface area contributed by atoms with Crippen LogP contribution in [-0.4, -0.2) is 85.6 Å². The zero-order chi connectivity index (χ0) is 28.0. The summed E-state index contributed by atoms with van der Waals surface area (Å²) in [6.07, 6.45) is 5.86. The summed E-state index contributed by atoms with van der Waals surface area (Å²) in [5.74, 6) is -1.68. The van der Waals surface area contributed by atoms with Crippen LogP contribution in [0.2, 0.25) is 0 Å². The topological polar surface area (TPSA) is 126 Å². The van der Waals surface area contributed by atoms with Gasteiger partial charge < -0.3 is 19.5 Å². The molecule has 1 fully saturated rings. The third kappa shape index (κ3) is 3.66. The molecule has 0 unspecified atom stereocenters. The minimum atomic E-state index is -0.791. The second-order valence-corrected chi connectivity index (χ2v) is 7.36. The molecule has 0 spiro atoms. The highest BCUT2D eigenvalue weighted by Crippen LogP contribution is 2.31. The number of nitrogens with zero attached hydrogens (tertiary/aromatic N) is 6. The summed E-state index contributed by atoms with van der Waals surface area (Å²) in [5.41, 5.74) is 0.0674. The van der Waals surface area contributed by atoms with Gasteiger partial charge in [0.15, 0.2) is 5.82 Å². The number of hydrogen-bond donors (Lipinski definition) is 1. The van der Waals surface area contributed by atoms with Gasteiger partial charge in [0.05, 0.1) is 49.0 Å². The number of fused-ring (bicyclic) bond motifs is 1. The molecule has 0 radical (unpaired) electrons. The van der Waals surface area contributed by atoms with E-state index in [1.807, 2.05) is 0 Å². The number of aromatic amines is 1. The highest BCUT2D eigenvalue weighted by molar-refractivity contribution is 6.45. The van der Waals surface area contributed by atoms with Crippen LogP contribution in [-0.2, 0) is 4.79 Å². The van der Waals surface area contributed by atoms with Crippen LogP contribution in [0, 0.1) is 0 Å². The van der Waals surface area contributed by atoms with Crippen LogP contribution in [0.25, 0.3) is 16.7 Å². The Balaban J connectivity index is 1.36. The predicted molar refractivity (Wildman–Crippen MR) is 121 cm³/mol. The average Bonchev–Trinajstić information content (AvgIpc) is 3.65. The van der Waals surface area contributed by atoms with Gasteiger partial charge in [-0.1, -0.05) is 23.3 Å². The second-order valence-electron chi connectivity index (χ2n) is 7.36. The molecular weight excluding hydrogens is 438 g/mol. The summed E-state index contributed by atoms with van der Waals surface area (Å²) >= 11 is 0. The zero-order valence-corrected chi connectivity index (χ0v) is 18.0. The van der Waals surface area contributed by atoms with Gasteiger partial charge in [-0.05, 0) is 12.1 Å². The Bertz CT molecular complexity index is 1600. The van der Waals surface area contributed by atoms with Crippen LogP contribution in [0.4, 0.5) is 0 Å². The van der Waals surface area contributed by atoms with E-state index in [-0.39, 0.29) is 37.5 Å². The summed E-state index contributed by atoms with van der Waals surface area (Å²) in [6, 6.07) is -2.97. The van der Waals surface area contributed by atoms with Crippen LogP contribution in [0.5, 0.6) is 5.75 Å². The number of nitrogens with one attached hydrogen (secondary N) is 1. The maximum Gasteiger partial charge on any atom is 0.295 e. The fourth-order valence-corrected chi connectivity index (χ4v) is 3.82. The molecule has 5 rings (SSSR count). The Hall–Kier alpha value is -4.54. The van der Waals surface area contributed by atoms with Crippen molar-refractivity contribution in [1.82, 2.24) is 34.8 Å². The highest BCUT2D eigenvalue weighted by atomic mass is 16.5. The summed E-state index contributed by atoms with van der Waals surface area (Å²) in [6.45, 7) is 0.0512. The highest BCUT2D eigenvalue weighted by Gasteiger charge is 2.31. The maximum atomic E-state index is 13.3. The van der Waals surface area contributed by atoms with Gasteiger partial charge in [0.1, 0.15) is 5.75 Å². The van der Waals surface area contributed by atoms with Crippen molar-refractivity contribution in [3.63, 3.8) is 0 Å². The molecule has 0 aliphatic carbocycles. The first-order valence-corrected chi connectivity index (χ1v) is 10.3. The first-order chi connectivity index (χ1) is 18.6. The van der Waals surface area contributed by atoms with Crippen molar-refractivity contribution >= 4 is 28.5 Å². The molecule has 11 nitrogen and oxygen atoms in total. The lowest BCUT2D eigenvalue weighted by Crippen LogP contribution is -2.52. The van der Waals surface area contributed by atoms with Crippen molar-refractivity contribution in [2.75, 3.05) is 33.3 Å². The zero-order valence-electron chi connectivity index (χ0n) is 23.0. The van der Waals surface area contributed by atoms with Crippen molar-refractivity contribution in [2.24, 2.45) is 0 Å². The van der Waals surface area contributed by atoms with E-state index >= 15 is 0 Å². The lowest BCUT2D eigenvalue weighted by molar-refractivity contribution is -0.127. The number of piperazine rings is 1. The fraction of sp³-hybridized carbons (Fsp3) is 0.217. The number of amides is 2. The summed E-state index contributed by atoms with van der Waals surface area (Å²) in [5, 5.41) is 8.04. The van der Waals surface area contributed by atoms with Gasteiger partial charge in [-0.3, -0.25) is 14.4 Å². The Morgan fingerprint density at radius 2 is 1.82 bits per heavy atom. The van der Waals surface area contributed by atoms with Gasteiger partial charge in [0.2, 0.25) is 0 Å². The number of Topliss-reactive ketones (excluding diaryl/α,β-unsaturated/α-hetero) is 1. The predicted octanol–water partition coefficient (Wildman–Crippen LogP) is 1.32. The number of rotatable bonds is 5. The van der Waals surface area contributed by atoms with Crippen molar-refractivity contribution in [3.8, 4) is 11.6 Å². The van der Waals surface area contributed by atoms with Crippen molar-refractivity contribution in [2.45, 2.75) is 0 Å². The summed E-state index contributed by atoms with van der Waals surface area (Å²) < 4.78 is 46.1. The van der Waals surface area contributed by atoms with Gasteiger partial charge >= 0.3 is 0 Å². The molecule has 0 saturated carbocycles. The van der Waals surface area contributed by atoms with E-state index < -0.39 is 53.4 Å². The second kappa shape index (κ2) is 8.77. The molecule has 1 saturated heterocycles. The number of pyridine rings is 1. The number of ketones is 1. The molecule has 172 valence electrons. The van der Waals surface area contributed by atoms with E-state index in [1.54, 1.807) is 6.20 Å². The molecule has 1 N–H and O–H groups in total. The van der Waals surface area contributed by atoms with E-state index in [0.717, 1.165) is 0 Å². The van der Waals surface area contributed by atoms with Gasteiger partial charge in [-0.2, -0.15) is 0 Å². The van der Waals surface area contributed by atoms with Crippen LogP contribution in [0.15, 0.2) is 55.0 Å². The standard InChI is InChI=1S/C23H21N7O4/c1-34-17-14-25-21(30-8-7-26-27-30)19-18(17)16(13-24-19)20(31)23(33)29-11-9-28(10-12-29)22(32)15-5-3-2-4-6-15/h2-8,13-14,24H,9-12H2,1H3/i2D,3D,4D,5D,6D. The van der Waals surface area contributed by atoms with E-state index in [0.29, 0.717) is 16.7 Å². The minimum Gasteiger partial charge on any atom is -0.494 e. The van der Waals surface area contributed by atoms with Crippen LogP contribution in [0.3, 0.4) is 0 Å². The first-order valence-electron chi connectivity index (χ1n) is 12.8. The minimum absolute atomic E-state index is 0.0115. The molecule has 1 aliphatic rings. The molecule has 0 atom stereocenters. The number of aromatic nitrogens is 5. The number of hydrogen-bond acceptors (Lipinski definition) is 7. The molecule has 1 aliphatic heterocycles. The van der Waals surface area contributed by atoms with E-state index in [2.05, 4.69) is 20.3 Å². The lowest BCUT2D eigenvalue weighted by Gasteiger charge is -2.34. The van der Waals surface area contributed by atoms with Crippen LogP contribution >= 0.6 is 0 Å². The quantitative estimate of drug-likeness (QED) is 0.349. The first kappa shape index (κ1) is 16.1. The molecule has 4 heterocycles. The van der Waals surface area contributed by atoms with Crippen LogP contribution < -0.4 is 4.74 Å². The SMILES string of the molecule is [2H]c1c([2H])c([2H])c(C(=O)N2CCN(C(=O)C(=O)c3c[nH]c4c(-n5ccnn5)ncc(OC)c34)CC2)c([2H])c1[2H]. The Kier molecular flexibility index (Phi) is 4.16. The summed E-state index contributed by atoms with van der Waals surface area (Å²) in [4.78, 5) is 49.4. The molecule has 4 aromatic rings. The van der Waals surface area contributed by atoms with E-state index in [9.17, 15) is 14.4 Å². The van der Waals surface area contributed by atoms with Gasteiger partial charge in [-0.25, -0.2) is 9.67 Å². The smallest absolute Gasteiger partial charge is 0.295 e. The number of H-pyrrole nitrogens is 1.